The van der Waals surface area contributed by atoms with Crippen molar-refractivity contribution in [1.29, 1.82) is 0 Å². The number of nitrogens with one attached hydrogen (secondary N) is 1. The number of carbonyl (C=O) groups excluding carboxylic acids is 2. The molecule has 2 N–H and O–H groups in total. The van der Waals surface area contributed by atoms with E-state index in [-0.39, 0.29) is 12.6 Å². The van der Waals surface area contributed by atoms with Crippen molar-refractivity contribution in [2.45, 2.75) is 52.0 Å². The lowest BCUT2D eigenvalue weighted by atomic mass is 10.0. The number of hydrogen-bond donors (Lipinski definition) is 2. The second-order valence-corrected chi connectivity index (χ2v) is 11.3. The van der Waals surface area contributed by atoms with Crippen molar-refractivity contribution in [1.82, 2.24) is 10.2 Å². The zero-order valence-electron chi connectivity index (χ0n) is 25.5. The summed E-state index contributed by atoms with van der Waals surface area (Å²) < 4.78 is 22.4. The van der Waals surface area contributed by atoms with E-state index >= 15 is 0 Å². The molecule has 3 aromatic rings. The maximum atomic E-state index is 13.6. The number of methoxy groups -OCH3 is 2. The number of aliphatic hydroxyl groups is 1. The molecule has 1 aliphatic rings. The molecular weight excluding hydrogens is 550 g/mol. The average Bonchev–Trinajstić information content (AvgIpc) is 2.99. The Morgan fingerprint density at radius 2 is 1.70 bits per heavy atom. The first kappa shape index (κ1) is 31.5. The first-order chi connectivity index (χ1) is 20.6. The number of alkyl carbamates (subject to hydrolysis) is 1. The Morgan fingerprint density at radius 3 is 2.40 bits per heavy atom. The van der Waals surface area contributed by atoms with Gasteiger partial charge in [-0.05, 0) is 56.5 Å². The van der Waals surface area contributed by atoms with Gasteiger partial charge >= 0.3 is 12.1 Å². The van der Waals surface area contributed by atoms with Gasteiger partial charge in [-0.25, -0.2) is 9.59 Å². The summed E-state index contributed by atoms with van der Waals surface area (Å²) in [6.07, 6.45) is -0.779. The average molecular weight is 592 g/mol. The maximum Gasteiger partial charge on any atom is 0.407 e. The van der Waals surface area contributed by atoms with Crippen LogP contribution < -0.4 is 24.4 Å². The van der Waals surface area contributed by atoms with Crippen LogP contribution in [-0.4, -0.2) is 61.6 Å². The van der Waals surface area contributed by atoms with E-state index in [9.17, 15) is 14.7 Å². The Labute approximate surface area is 253 Å². The standard InChI is InChI=1S/C33H41N3O7/c1-33(2,3)43-31(38)34-20-27(37)24-12-13-25(29(18-24)41-5)21-35-16-9-17-36(32(35)39)26-14-15-28(40-4)30(19-26)42-22-23-10-7-6-8-11-23/h6-8,10-15,18-19,27,37H,9,16-17,20-22H2,1-5H3,(H,34,38). The monoisotopic (exact) mass is 591 g/mol. The van der Waals surface area contributed by atoms with Crippen molar-refractivity contribution in [3.8, 4) is 17.2 Å². The van der Waals surface area contributed by atoms with E-state index in [0.29, 0.717) is 49.1 Å². The minimum Gasteiger partial charge on any atom is -0.496 e. The molecule has 10 nitrogen and oxygen atoms in total. The second kappa shape index (κ2) is 14.2. The predicted octanol–water partition coefficient (Wildman–Crippen LogP) is 5.67. The van der Waals surface area contributed by atoms with Gasteiger partial charge in [0.1, 0.15) is 18.0 Å². The van der Waals surface area contributed by atoms with E-state index in [1.165, 1.54) is 0 Å². The normalized spacial score (nSPS) is 14.2. The molecule has 1 fully saturated rings. The number of urea groups is 1. The van der Waals surface area contributed by atoms with Crippen LogP contribution in [0.2, 0.25) is 0 Å². The second-order valence-electron chi connectivity index (χ2n) is 11.3. The van der Waals surface area contributed by atoms with Gasteiger partial charge in [0.2, 0.25) is 0 Å². The van der Waals surface area contributed by atoms with Gasteiger partial charge in [0.05, 0.1) is 33.4 Å². The van der Waals surface area contributed by atoms with Crippen LogP contribution in [-0.2, 0) is 17.9 Å². The van der Waals surface area contributed by atoms with Gasteiger partial charge in [0.15, 0.2) is 11.5 Å². The Bertz CT molecular complexity index is 1390. The summed E-state index contributed by atoms with van der Waals surface area (Å²) in [6.45, 7) is 7.18. The number of rotatable bonds is 11. The lowest BCUT2D eigenvalue weighted by molar-refractivity contribution is 0.0491. The summed E-state index contributed by atoms with van der Waals surface area (Å²) in [5.74, 6) is 1.69. The van der Waals surface area contributed by atoms with Gasteiger partial charge in [-0.15, -0.1) is 0 Å². The highest BCUT2D eigenvalue weighted by Gasteiger charge is 2.28. The third-order valence-electron chi connectivity index (χ3n) is 6.90. The van der Waals surface area contributed by atoms with Gasteiger partial charge in [-0.2, -0.15) is 0 Å². The van der Waals surface area contributed by atoms with Crippen molar-refractivity contribution in [2.75, 3.05) is 38.8 Å². The first-order valence-electron chi connectivity index (χ1n) is 14.3. The summed E-state index contributed by atoms with van der Waals surface area (Å²) in [5.41, 5.74) is 2.50. The van der Waals surface area contributed by atoms with Crippen LogP contribution in [0.3, 0.4) is 0 Å². The van der Waals surface area contributed by atoms with Crippen LogP contribution in [0, 0.1) is 0 Å². The van der Waals surface area contributed by atoms with Crippen LogP contribution in [0.5, 0.6) is 17.2 Å². The molecule has 0 aromatic heterocycles. The molecule has 1 atom stereocenters. The molecule has 0 bridgehead atoms. The fourth-order valence-corrected chi connectivity index (χ4v) is 4.77. The van der Waals surface area contributed by atoms with Crippen molar-refractivity contribution < 1.29 is 33.6 Å². The highest BCUT2D eigenvalue weighted by molar-refractivity contribution is 5.93. The van der Waals surface area contributed by atoms with E-state index < -0.39 is 17.8 Å². The summed E-state index contributed by atoms with van der Waals surface area (Å²) in [5, 5.41) is 13.2. The number of anilines is 1. The zero-order valence-corrected chi connectivity index (χ0v) is 25.5. The smallest absolute Gasteiger partial charge is 0.407 e. The first-order valence-corrected chi connectivity index (χ1v) is 14.3. The number of benzene rings is 3. The van der Waals surface area contributed by atoms with E-state index in [1.54, 1.807) is 56.9 Å². The lowest BCUT2D eigenvalue weighted by Gasteiger charge is -2.36. The molecular formula is C33H41N3O7. The molecule has 1 heterocycles. The number of nitrogens with zero attached hydrogens (tertiary/aromatic N) is 2. The molecule has 3 aromatic carbocycles. The maximum absolute atomic E-state index is 13.6. The van der Waals surface area contributed by atoms with Gasteiger partial charge in [-0.3, -0.25) is 4.90 Å². The Kier molecular flexibility index (Phi) is 10.4. The molecule has 1 saturated heterocycles. The number of carbonyl (C=O) groups is 2. The Morgan fingerprint density at radius 1 is 0.953 bits per heavy atom. The molecule has 0 radical (unpaired) electrons. The Balaban J connectivity index is 1.43. The van der Waals surface area contributed by atoms with Crippen LogP contribution in [0.1, 0.15) is 50.0 Å². The molecule has 0 spiro atoms. The summed E-state index contributed by atoms with van der Waals surface area (Å²) in [4.78, 5) is 29.1. The minimum absolute atomic E-state index is 0.0180. The van der Waals surface area contributed by atoms with Crippen molar-refractivity contribution >= 4 is 17.8 Å². The molecule has 1 aliphatic heterocycles. The summed E-state index contributed by atoms with van der Waals surface area (Å²) >= 11 is 0. The van der Waals surface area contributed by atoms with Crippen molar-refractivity contribution in [2.24, 2.45) is 0 Å². The fourth-order valence-electron chi connectivity index (χ4n) is 4.77. The number of ether oxygens (including phenoxy) is 4. The van der Waals surface area contributed by atoms with Crippen molar-refractivity contribution in [3.05, 3.63) is 83.4 Å². The third-order valence-corrected chi connectivity index (χ3v) is 6.90. The highest BCUT2D eigenvalue weighted by Crippen LogP contribution is 2.34. The third kappa shape index (κ3) is 8.54. The van der Waals surface area contributed by atoms with Crippen molar-refractivity contribution in [3.63, 3.8) is 0 Å². The van der Waals surface area contributed by atoms with Crippen LogP contribution in [0.15, 0.2) is 66.7 Å². The number of amides is 3. The fraction of sp³-hybridized carbons (Fsp3) is 0.394. The topological polar surface area (TPSA) is 110 Å². The van der Waals surface area contributed by atoms with E-state index in [0.717, 1.165) is 23.2 Å². The molecule has 4 rings (SSSR count). The lowest BCUT2D eigenvalue weighted by Crippen LogP contribution is -2.49. The highest BCUT2D eigenvalue weighted by atomic mass is 16.6. The van der Waals surface area contributed by atoms with Gasteiger partial charge < -0.3 is 34.3 Å². The molecule has 0 aliphatic carbocycles. The molecule has 43 heavy (non-hydrogen) atoms. The van der Waals surface area contributed by atoms with Crippen LogP contribution in [0.4, 0.5) is 15.3 Å². The summed E-state index contributed by atoms with van der Waals surface area (Å²) in [6, 6.07) is 20.6. The zero-order chi connectivity index (χ0) is 31.0. The largest absolute Gasteiger partial charge is 0.496 e. The number of aliphatic hydroxyl groups excluding tert-OH is 1. The van der Waals surface area contributed by atoms with Gasteiger partial charge in [-0.1, -0.05) is 42.5 Å². The predicted molar refractivity (Wildman–Crippen MR) is 164 cm³/mol. The quantitative estimate of drug-likeness (QED) is 0.296. The van der Waals surface area contributed by atoms with Crippen LogP contribution in [0.25, 0.3) is 0 Å². The summed E-state index contributed by atoms with van der Waals surface area (Å²) in [7, 11) is 3.14. The minimum atomic E-state index is -0.962. The molecule has 10 heteroatoms. The molecule has 3 amide bonds. The Hall–Kier alpha value is -4.44. The van der Waals surface area contributed by atoms with Gasteiger partial charge in [0, 0.05) is 30.4 Å². The SMILES string of the molecule is COc1cc(C(O)CNC(=O)OC(C)(C)C)ccc1CN1CCCN(c2ccc(OC)c(OCc3ccccc3)c2)C1=O. The molecule has 1 unspecified atom stereocenters. The van der Waals surface area contributed by atoms with Gasteiger partial charge in [0.25, 0.3) is 0 Å². The van der Waals surface area contributed by atoms with E-state index in [2.05, 4.69) is 5.32 Å². The molecule has 230 valence electrons. The molecule has 0 saturated carbocycles. The van der Waals surface area contributed by atoms with E-state index in [1.807, 2.05) is 54.6 Å². The van der Waals surface area contributed by atoms with Crippen LogP contribution >= 0.6 is 0 Å². The number of hydrogen-bond acceptors (Lipinski definition) is 7. The van der Waals surface area contributed by atoms with E-state index in [4.69, 9.17) is 18.9 Å².